The van der Waals surface area contributed by atoms with E-state index < -0.39 is 0 Å². The number of carbonyl (C=O) groups excluding carboxylic acids is 1. The third kappa shape index (κ3) is 5.35. The van der Waals surface area contributed by atoms with Crippen molar-refractivity contribution in [2.45, 2.75) is 83.0 Å². The molecule has 3 aliphatic rings. The van der Waals surface area contributed by atoms with Crippen molar-refractivity contribution in [2.75, 3.05) is 19.1 Å². The molecule has 0 radical (unpaired) electrons. The lowest BCUT2D eigenvalue weighted by Crippen LogP contribution is -2.41. The summed E-state index contributed by atoms with van der Waals surface area (Å²) in [6.45, 7) is 6.39. The molecule has 6 heteroatoms. The van der Waals surface area contributed by atoms with E-state index in [-0.39, 0.29) is 18.1 Å². The first kappa shape index (κ1) is 28.1. The summed E-state index contributed by atoms with van der Waals surface area (Å²) < 4.78 is 11.8. The van der Waals surface area contributed by atoms with Gasteiger partial charge in [0.1, 0.15) is 0 Å². The van der Waals surface area contributed by atoms with E-state index >= 15 is 0 Å². The molecule has 0 aromatic heterocycles. The highest BCUT2D eigenvalue weighted by Crippen LogP contribution is 2.46. The lowest BCUT2D eigenvalue weighted by atomic mass is 9.78. The van der Waals surface area contributed by atoms with Crippen LogP contribution in [-0.2, 0) is 11.2 Å². The molecule has 0 spiro atoms. The van der Waals surface area contributed by atoms with Gasteiger partial charge < -0.3 is 19.3 Å². The number of piperidine rings is 1. The van der Waals surface area contributed by atoms with Crippen LogP contribution in [0, 0.1) is 5.92 Å². The van der Waals surface area contributed by atoms with E-state index in [1.165, 1.54) is 31.2 Å². The SMILES string of the molecule is COc1cc2c(cc1OC(C)C)[C@H](c1ccc(Cl)cc1)N(c1ccc(C(C)C3CC4CCC(C3)N4C)cc1)C(=O)C2. The molecule has 0 saturated carbocycles. The molecule has 3 aromatic rings. The van der Waals surface area contributed by atoms with E-state index in [0.29, 0.717) is 34.8 Å². The maximum absolute atomic E-state index is 13.9. The normalized spacial score (nSPS) is 24.9. The van der Waals surface area contributed by atoms with Crippen molar-refractivity contribution in [3.63, 3.8) is 0 Å². The Labute approximate surface area is 249 Å². The number of fused-ring (bicyclic) bond motifs is 3. The highest BCUT2D eigenvalue weighted by atomic mass is 35.5. The van der Waals surface area contributed by atoms with E-state index in [2.05, 4.69) is 49.2 Å². The van der Waals surface area contributed by atoms with Crippen LogP contribution >= 0.6 is 11.6 Å². The number of hydrogen-bond donors (Lipinski definition) is 0. The second kappa shape index (κ2) is 11.3. The Morgan fingerprint density at radius 1 is 0.902 bits per heavy atom. The first-order valence-corrected chi connectivity index (χ1v) is 15.4. The maximum Gasteiger partial charge on any atom is 0.232 e. The number of carbonyl (C=O) groups is 1. The molecule has 6 rings (SSSR count). The van der Waals surface area contributed by atoms with Crippen molar-refractivity contribution in [3.8, 4) is 11.5 Å². The minimum absolute atomic E-state index is 0.00783. The summed E-state index contributed by atoms with van der Waals surface area (Å²) in [5.41, 5.74) is 5.27. The number of hydrogen-bond acceptors (Lipinski definition) is 4. The Kier molecular flexibility index (Phi) is 7.78. The Bertz CT molecular complexity index is 1390. The molecule has 2 fully saturated rings. The number of ether oxygens (including phenoxy) is 2. The van der Waals surface area contributed by atoms with Gasteiger partial charge in [-0.1, -0.05) is 42.8 Å². The number of methoxy groups -OCH3 is 1. The molecule has 3 heterocycles. The summed E-state index contributed by atoms with van der Waals surface area (Å²) in [7, 11) is 3.94. The van der Waals surface area contributed by atoms with E-state index in [1.807, 2.05) is 49.1 Å². The van der Waals surface area contributed by atoms with Crippen LogP contribution in [0.3, 0.4) is 0 Å². The maximum atomic E-state index is 13.9. The number of amides is 1. The summed E-state index contributed by atoms with van der Waals surface area (Å²) in [5.74, 6) is 2.59. The molecule has 2 saturated heterocycles. The number of rotatable bonds is 7. The Morgan fingerprint density at radius 3 is 2.17 bits per heavy atom. The zero-order valence-corrected chi connectivity index (χ0v) is 25.5. The second-order valence-electron chi connectivity index (χ2n) is 12.4. The monoisotopic (exact) mass is 572 g/mol. The molecule has 3 unspecified atom stereocenters. The van der Waals surface area contributed by atoms with E-state index in [4.69, 9.17) is 21.1 Å². The van der Waals surface area contributed by atoms with Crippen molar-refractivity contribution in [3.05, 3.63) is 87.9 Å². The summed E-state index contributed by atoms with van der Waals surface area (Å²) >= 11 is 6.28. The highest BCUT2D eigenvalue weighted by Gasteiger charge is 2.40. The van der Waals surface area contributed by atoms with Gasteiger partial charge in [-0.05, 0) is 117 Å². The lowest BCUT2D eigenvalue weighted by molar-refractivity contribution is -0.118. The van der Waals surface area contributed by atoms with Crippen molar-refractivity contribution in [1.29, 1.82) is 0 Å². The van der Waals surface area contributed by atoms with Crippen LogP contribution in [0.25, 0.3) is 0 Å². The molecule has 1 amide bonds. The van der Waals surface area contributed by atoms with Crippen LogP contribution in [0.4, 0.5) is 5.69 Å². The zero-order chi connectivity index (χ0) is 28.8. The van der Waals surface area contributed by atoms with E-state index in [0.717, 1.165) is 34.5 Å². The summed E-state index contributed by atoms with van der Waals surface area (Å²) in [4.78, 5) is 18.4. The predicted octanol–water partition coefficient (Wildman–Crippen LogP) is 7.79. The van der Waals surface area contributed by atoms with Gasteiger partial charge in [-0.3, -0.25) is 4.79 Å². The van der Waals surface area contributed by atoms with Crippen LogP contribution in [0.2, 0.25) is 5.02 Å². The fourth-order valence-electron chi connectivity index (χ4n) is 7.40. The summed E-state index contributed by atoms with van der Waals surface area (Å²) in [5, 5.41) is 0.668. The first-order chi connectivity index (χ1) is 19.7. The molecule has 0 aliphatic carbocycles. The largest absolute Gasteiger partial charge is 0.493 e. The van der Waals surface area contributed by atoms with Crippen LogP contribution < -0.4 is 14.4 Å². The van der Waals surface area contributed by atoms with Gasteiger partial charge in [0.25, 0.3) is 0 Å². The van der Waals surface area contributed by atoms with E-state index in [1.54, 1.807) is 7.11 Å². The number of benzene rings is 3. The van der Waals surface area contributed by atoms with Crippen LogP contribution in [-0.4, -0.2) is 43.2 Å². The van der Waals surface area contributed by atoms with Crippen molar-refractivity contribution in [2.24, 2.45) is 5.92 Å². The van der Waals surface area contributed by atoms with Crippen molar-refractivity contribution < 1.29 is 14.3 Å². The van der Waals surface area contributed by atoms with Crippen LogP contribution in [0.1, 0.15) is 80.7 Å². The molecule has 3 aromatic carbocycles. The number of halogens is 1. The van der Waals surface area contributed by atoms with Gasteiger partial charge in [0.15, 0.2) is 11.5 Å². The smallest absolute Gasteiger partial charge is 0.232 e. The van der Waals surface area contributed by atoms with Gasteiger partial charge in [-0.15, -0.1) is 0 Å². The quantitative estimate of drug-likeness (QED) is 0.290. The fraction of sp³-hybridized carbons (Fsp3) is 0.457. The average Bonchev–Trinajstić information content (AvgIpc) is 3.15. The van der Waals surface area contributed by atoms with Crippen LogP contribution in [0.15, 0.2) is 60.7 Å². The third-order valence-electron chi connectivity index (χ3n) is 9.68. The molecule has 216 valence electrons. The van der Waals surface area contributed by atoms with Gasteiger partial charge in [0, 0.05) is 22.8 Å². The highest BCUT2D eigenvalue weighted by molar-refractivity contribution is 6.30. The van der Waals surface area contributed by atoms with Gasteiger partial charge in [-0.25, -0.2) is 0 Å². The molecule has 5 nitrogen and oxygen atoms in total. The Balaban J connectivity index is 1.36. The molecule has 41 heavy (non-hydrogen) atoms. The van der Waals surface area contributed by atoms with Gasteiger partial charge in [0.05, 0.1) is 25.7 Å². The van der Waals surface area contributed by atoms with E-state index in [9.17, 15) is 4.79 Å². The van der Waals surface area contributed by atoms with Crippen molar-refractivity contribution >= 4 is 23.2 Å². The summed E-state index contributed by atoms with van der Waals surface area (Å²) in [6, 6.07) is 21.7. The minimum Gasteiger partial charge on any atom is -0.493 e. The Morgan fingerprint density at radius 2 is 1.56 bits per heavy atom. The fourth-order valence-corrected chi connectivity index (χ4v) is 7.53. The van der Waals surface area contributed by atoms with Crippen LogP contribution in [0.5, 0.6) is 11.5 Å². The second-order valence-corrected chi connectivity index (χ2v) is 12.9. The molecular weight excluding hydrogens is 532 g/mol. The molecule has 4 atom stereocenters. The van der Waals surface area contributed by atoms with Gasteiger partial charge in [-0.2, -0.15) is 0 Å². The standard InChI is InChI=1S/C35H41ClN2O3/c1-21(2)41-33-20-31-26(18-32(33)40-5)19-34(39)38(35(31)24-6-10-27(36)11-7-24)28-12-8-23(9-13-28)22(3)25-16-29-14-15-30(17-25)37(29)4/h6-13,18,20-22,25,29-30,35H,14-17,19H2,1-5H3/t22?,25?,29?,30?,35-/m0/s1. The minimum atomic E-state index is -0.309. The number of nitrogens with zero attached hydrogens (tertiary/aromatic N) is 2. The molecule has 3 aliphatic heterocycles. The summed E-state index contributed by atoms with van der Waals surface area (Å²) in [6.07, 6.45) is 5.52. The Hall–Kier alpha value is -3.02. The average molecular weight is 573 g/mol. The predicted molar refractivity (Wildman–Crippen MR) is 165 cm³/mol. The lowest BCUT2D eigenvalue weighted by Gasteiger charge is -2.39. The van der Waals surface area contributed by atoms with Crippen molar-refractivity contribution in [1.82, 2.24) is 4.90 Å². The molecule has 0 N–H and O–H groups in total. The first-order valence-electron chi connectivity index (χ1n) is 15.0. The topological polar surface area (TPSA) is 42.0 Å². The number of anilines is 1. The third-order valence-corrected chi connectivity index (χ3v) is 9.93. The zero-order valence-electron chi connectivity index (χ0n) is 24.8. The van der Waals surface area contributed by atoms with Gasteiger partial charge in [0.2, 0.25) is 5.91 Å². The van der Waals surface area contributed by atoms with Gasteiger partial charge >= 0.3 is 0 Å². The molecular formula is C35H41ClN2O3. The molecule has 2 bridgehead atoms.